The minimum Gasteiger partial charge on any atom is -0.483 e. The fourth-order valence-electron chi connectivity index (χ4n) is 2.56. The number of nitrogens with zero attached hydrogens (tertiary/aromatic N) is 2. The van der Waals surface area contributed by atoms with Gasteiger partial charge in [0.05, 0.1) is 25.9 Å². The molecule has 0 unspecified atom stereocenters. The molecule has 2 amide bonds. The van der Waals surface area contributed by atoms with E-state index in [1.54, 1.807) is 19.1 Å². The molecule has 2 rings (SSSR count). The van der Waals surface area contributed by atoms with Gasteiger partial charge in [-0.25, -0.2) is 18.2 Å². The van der Waals surface area contributed by atoms with E-state index in [0.717, 1.165) is 14.2 Å². The molecule has 0 radical (unpaired) electrons. The zero-order valence-electron chi connectivity index (χ0n) is 16.5. The molecule has 0 spiro atoms. The maximum atomic E-state index is 12.5. The van der Waals surface area contributed by atoms with Gasteiger partial charge in [-0.1, -0.05) is 12.1 Å². The van der Waals surface area contributed by atoms with Gasteiger partial charge < -0.3 is 18.9 Å². The van der Waals surface area contributed by atoms with Gasteiger partial charge in [0, 0.05) is 19.0 Å². The Hall–Kier alpha value is -2.62. The van der Waals surface area contributed by atoms with Crippen molar-refractivity contribution in [2.24, 2.45) is 0 Å². The van der Waals surface area contributed by atoms with Crippen LogP contribution in [0.25, 0.3) is 0 Å². The topological polar surface area (TPSA) is 94.6 Å². The normalized spacial score (nSPS) is 13.8. The smallest absolute Gasteiger partial charge is 0.426 e. The molecule has 9 nitrogen and oxygen atoms in total. The fraction of sp³-hybridized carbons (Fsp3) is 0.500. The molecule has 1 aliphatic rings. The van der Waals surface area contributed by atoms with Crippen LogP contribution in [0.1, 0.15) is 26.3 Å². The van der Waals surface area contributed by atoms with Gasteiger partial charge in [-0.3, -0.25) is 4.79 Å². The van der Waals surface area contributed by atoms with Crippen LogP contribution in [-0.4, -0.2) is 59.7 Å². The van der Waals surface area contributed by atoms with E-state index in [2.05, 4.69) is 4.74 Å². The fourth-order valence-corrected chi connectivity index (χ4v) is 3.26. The molecule has 0 atom stereocenters. The van der Waals surface area contributed by atoms with Crippen molar-refractivity contribution in [1.29, 1.82) is 0 Å². The van der Waals surface area contributed by atoms with Gasteiger partial charge in [0.25, 0.3) is 0 Å². The summed E-state index contributed by atoms with van der Waals surface area (Å²) in [6.07, 6.45) is -0.846. The predicted molar refractivity (Wildman–Crippen MR) is 102 cm³/mol. The summed E-state index contributed by atoms with van der Waals surface area (Å²) in [6.45, 7) is 5.33. The highest BCUT2D eigenvalue weighted by Crippen LogP contribution is 2.42. The number of fused-ring (bicyclic) bond motifs is 1. The summed E-state index contributed by atoms with van der Waals surface area (Å²) in [4.78, 5) is 36.0. The second-order valence-corrected chi connectivity index (χ2v) is 7.69. The van der Waals surface area contributed by atoms with Gasteiger partial charge >= 0.3 is 18.2 Å². The van der Waals surface area contributed by atoms with Crippen LogP contribution in [0, 0.1) is 0 Å². The molecule has 0 saturated heterocycles. The first kappa shape index (κ1) is 21.7. The molecule has 1 aromatic carbocycles. The monoisotopic (exact) mass is 412 g/mol. The van der Waals surface area contributed by atoms with E-state index in [1.165, 1.54) is 14.2 Å². The molecule has 0 bridgehead atoms. The van der Waals surface area contributed by atoms with E-state index in [-0.39, 0.29) is 24.5 Å². The van der Waals surface area contributed by atoms with E-state index in [1.807, 2.05) is 19.9 Å². The lowest BCUT2D eigenvalue weighted by atomic mass is 10.0. The predicted octanol–water partition coefficient (Wildman–Crippen LogP) is 3.03. The third kappa shape index (κ3) is 5.44. The van der Waals surface area contributed by atoms with Crippen LogP contribution in [0.4, 0.5) is 9.59 Å². The molecule has 1 heterocycles. The van der Waals surface area contributed by atoms with Gasteiger partial charge in [-0.15, -0.1) is 0 Å². The van der Waals surface area contributed by atoms with Gasteiger partial charge in [0.15, 0.2) is 11.5 Å². The van der Waals surface area contributed by atoms with Crippen molar-refractivity contribution in [3.05, 3.63) is 23.8 Å². The van der Waals surface area contributed by atoms with Crippen LogP contribution in [-0.2, 0) is 20.7 Å². The van der Waals surface area contributed by atoms with Crippen LogP contribution in [0.5, 0.6) is 11.5 Å². The lowest BCUT2D eigenvalue weighted by molar-refractivity contribution is -0.142. The molecule has 154 valence electrons. The highest BCUT2D eigenvalue weighted by atomic mass is 32.2. The molecule has 0 aliphatic carbocycles. The second-order valence-electron chi connectivity index (χ2n) is 6.54. The summed E-state index contributed by atoms with van der Waals surface area (Å²) in [6, 6.07) is 5.33. The van der Waals surface area contributed by atoms with Gasteiger partial charge in [0.1, 0.15) is 12.1 Å². The SMILES string of the molecule is CCOC(=O)CN(SN(C)C(=O)Oc1cccc2c1OC(C)(C)C2)C(=O)OC. The first-order valence-corrected chi connectivity index (χ1v) is 9.35. The lowest BCUT2D eigenvalue weighted by Gasteiger charge is -2.24. The Labute approximate surface area is 168 Å². The van der Waals surface area contributed by atoms with Crippen LogP contribution >= 0.6 is 12.1 Å². The zero-order chi connectivity index (χ0) is 20.9. The van der Waals surface area contributed by atoms with Crippen LogP contribution in [0.2, 0.25) is 0 Å². The number of carbonyl (C=O) groups is 3. The second kappa shape index (κ2) is 9.05. The number of methoxy groups -OCH3 is 1. The number of hydrogen-bond acceptors (Lipinski definition) is 8. The van der Waals surface area contributed by atoms with Crippen molar-refractivity contribution in [2.45, 2.75) is 32.8 Å². The molecule has 0 N–H and O–H groups in total. The Bertz CT molecular complexity index is 753. The maximum Gasteiger partial charge on any atom is 0.426 e. The first-order valence-electron chi connectivity index (χ1n) is 8.62. The summed E-state index contributed by atoms with van der Waals surface area (Å²) in [7, 11) is 2.58. The molecule has 10 heteroatoms. The Kier molecular flexibility index (Phi) is 7.00. The highest BCUT2D eigenvalue weighted by molar-refractivity contribution is 7.95. The van der Waals surface area contributed by atoms with E-state index < -0.39 is 18.2 Å². The summed E-state index contributed by atoms with van der Waals surface area (Å²) in [5.41, 5.74) is 0.566. The molecular formula is C18H24N2O7S. The number of para-hydroxylation sites is 1. The Morgan fingerprint density at radius 1 is 1.25 bits per heavy atom. The average molecular weight is 412 g/mol. The largest absolute Gasteiger partial charge is 0.483 e. The Morgan fingerprint density at radius 2 is 1.96 bits per heavy atom. The molecule has 0 saturated carbocycles. The minimum atomic E-state index is -0.802. The molecule has 1 aromatic rings. The summed E-state index contributed by atoms with van der Waals surface area (Å²) in [5.74, 6) is 0.185. The van der Waals surface area contributed by atoms with E-state index >= 15 is 0 Å². The average Bonchev–Trinajstić information content (AvgIpc) is 2.95. The standard InChI is InChI=1S/C18H24N2O7S/c1-6-25-14(21)11-20(17(23)24-5)28-19(4)16(22)26-13-9-7-8-12-10-18(2,3)27-15(12)13/h7-9H,6,10-11H2,1-5H3. The Morgan fingerprint density at radius 3 is 2.61 bits per heavy atom. The van der Waals surface area contributed by atoms with Crippen molar-refractivity contribution < 1.29 is 33.3 Å². The number of rotatable bonds is 6. The molecule has 0 aromatic heterocycles. The number of carbonyl (C=O) groups excluding carboxylic acids is 3. The van der Waals surface area contributed by atoms with Crippen molar-refractivity contribution in [3.63, 3.8) is 0 Å². The number of amides is 2. The van der Waals surface area contributed by atoms with Gasteiger partial charge in [-0.2, -0.15) is 0 Å². The minimum absolute atomic E-state index is 0.172. The van der Waals surface area contributed by atoms with E-state index in [9.17, 15) is 14.4 Å². The van der Waals surface area contributed by atoms with Crippen molar-refractivity contribution in [3.8, 4) is 11.5 Å². The molecule has 28 heavy (non-hydrogen) atoms. The number of hydrogen-bond donors (Lipinski definition) is 0. The Balaban J connectivity index is 2.05. The first-order chi connectivity index (χ1) is 13.2. The summed E-state index contributed by atoms with van der Waals surface area (Å²) in [5, 5.41) is 0. The van der Waals surface area contributed by atoms with Crippen LogP contribution < -0.4 is 9.47 Å². The summed E-state index contributed by atoms with van der Waals surface area (Å²) >= 11 is 0.668. The van der Waals surface area contributed by atoms with E-state index in [0.29, 0.717) is 24.3 Å². The maximum absolute atomic E-state index is 12.5. The number of ether oxygens (including phenoxy) is 4. The van der Waals surface area contributed by atoms with Gasteiger partial charge in [0.2, 0.25) is 0 Å². The van der Waals surface area contributed by atoms with Crippen molar-refractivity contribution in [1.82, 2.24) is 8.61 Å². The quantitative estimate of drug-likeness (QED) is 0.520. The zero-order valence-corrected chi connectivity index (χ0v) is 17.3. The van der Waals surface area contributed by atoms with Crippen molar-refractivity contribution >= 4 is 30.3 Å². The van der Waals surface area contributed by atoms with Crippen LogP contribution in [0.3, 0.4) is 0 Å². The van der Waals surface area contributed by atoms with E-state index in [4.69, 9.17) is 14.2 Å². The van der Waals surface area contributed by atoms with Crippen LogP contribution in [0.15, 0.2) is 18.2 Å². The summed E-state index contributed by atoms with van der Waals surface area (Å²) < 4.78 is 22.8. The number of benzene rings is 1. The molecular weight excluding hydrogens is 388 g/mol. The van der Waals surface area contributed by atoms with Gasteiger partial charge in [-0.05, 0) is 26.8 Å². The molecule has 0 fully saturated rings. The third-order valence-electron chi connectivity index (χ3n) is 3.69. The van der Waals surface area contributed by atoms with Crippen molar-refractivity contribution in [2.75, 3.05) is 27.3 Å². The molecule has 1 aliphatic heterocycles. The number of esters is 1. The highest BCUT2D eigenvalue weighted by Gasteiger charge is 2.33. The third-order valence-corrected chi connectivity index (χ3v) is 4.56. The lowest BCUT2D eigenvalue weighted by Crippen LogP contribution is -2.36.